The van der Waals surface area contributed by atoms with E-state index in [9.17, 15) is 0 Å². The summed E-state index contributed by atoms with van der Waals surface area (Å²) in [6.45, 7) is 5.48. The van der Waals surface area contributed by atoms with Crippen molar-refractivity contribution in [2.45, 2.75) is 26.5 Å². The van der Waals surface area contributed by atoms with Crippen LogP contribution in [-0.4, -0.2) is 32.8 Å². The summed E-state index contributed by atoms with van der Waals surface area (Å²) in [6, 6.07) is 11.7. The van der Waals surface area contributed by atoms with Crippen molar-refractivity contribution in [2.75, 3.05) is 26.8 Å². The van der Waals surface area contributed by atoms with Crippen LogP contribution in [0.1, 0.15) is 24.7 Å². The molecule has 0 fully saturated rings. The third-order valence-corrected chi connectivity index (χ3v) is 3.50. The van der Waals surface area contributed by atoms with E-state index < -0.39 is 0 Å². The number of nitrogens with zero attached hydrogens (tertiary/aromatic N) is 1. The zero-order chi connectivity index (χ0) is 17.7. The molecule has 1 aromatic carbocycles. The highest BCUT2D eigenvalue weighted by Gasteiger charge is 1.99. The first-order valence-electron chi connectivity index (χ1n) is 8.57. The Hall–Kier alpha value is -1.74. The van der Waals surface area contributed by atoms with Crippen molar-refractivity contribution in [3.63, 3.8) is 0 Å². The molecule has 0 aliphatic carbocycles. The fourth-order valence-corrected chi connectivity index (χ4v) is 2.19. The fourth-order valence-electron chi connectivity index (χ4n) is 2.19. The maximum absolute atomic E-state index is 5.70. The van der Waals surface area contributed by atoms with Crippen LogP contribution in [-0.2, 0) is 17.9 Å². The first-order valence-corrected chi connectivity index (χ1v) is 8.57. The van der Waals surface area contributed by atoms with E-state index in [1.54, 1.807) is 13.4 Å². The fraction of sp³-hybridized carbons (Fsp3) is 0.421. The topological polar surface area (TPSA) is 68.0 Å². The summed E-state index contributed by atoms with van der Waals surface area (Å²) in [5.41, 5.74) is 1.14. The van der Waals surface area contributed by atoms with Crippen molar-refractivity contribution >= 4 is 29.9 Å². The minimum atomic E-state index is 0. The second-order valence-electron chi connectivity index (χ2n) is 5.46. The van der Waals surface area contributed by atoms with Gasteiger partial charge in [0.1, 0.15) is 18.1 Å². The monoisotopic (exact) mass is 473 g/mol. The average molecular weight is 473 g/mol. The molecule has 2 aromatic rings. The Morgan fingerprint density at radius 1 is 1.15 bits per heavy atom. The number of methoxy groups -OCH3 is 1. The molecule has 26 heavy (non-hydrogen) atoms. The Morgan fingerprint density at radius 3 is 2.62 bits per heavy atom. The lowest BCUT2D eigenvalue weighted by Crippen LogP contribution is -2.38. The Labute approximate surface area is 172 Å². The molecule has 0 atom stereocenters. The van der Waals surface area contributed by atoms with Crippen molar-refractivity contribution in [2.24, 2.45) is 4.99 Å². The van der Waals surface area contributed by atoms with Gasteiger partial charge in [0.2, 0.25) is 0 Å². The molecule has 0 unspecified atom stereocenters. The molecule has 1 aromatic heterocycles. The summed E-state index contributed by atoms with van der Waals surface area (Å²) in [5, 5.41) is 6.51. The van der Waals surface area contributed by atoms with Gasteiger partial charge in [0.05, 0.1) is 20.0 Å². The Bertz CT molecular complexity index is 615. The van der Waals surface area contributed by atoms with Crippen LogP contribution in [0.3, 0.4) is 0 Å². The van der Waals surface area contributed by atoms with Crippen molar-refractivity contribution in [3.8, 4) is 5.75 Å². The largest absolute Gasteiger partial charge is 0.497 e. The number of aliphatic imine (C=N–C) groups is 1. The maximum atomic E-state index is 5.70. The second kappa shape index (κ2) is 13.5. The average Bonchev–Trinajstić information content (AvgIpc) is 3.16. The lowest BCUT2D eigenvalue weighted by Gasteiger charge is -2.11. The van der Waals surface area contributed by atoms with Crippen molar-refractivity contribution in [1.29, 1.82) is 0 Å². The third-order valence-electron chi connectivity index (χ3n) is 3.50. The summed E-state index contributed by atoms with van der Waals surface area (Å²) in [6.07, 6.45) is 2.56. The molecule has 2 rings (SSSR count). The molecular weight excluding hydrogens is 445 g/mol. The van der Waals surface area contributed by atoms with Gasteiger partial charge in [-0.1, -0.05) is 12.1 Å². The van der Waals surface area contributed by atoms with Crippen molar-refractivity contribution in [1.82, 2.24) is 10.6 Å². The highest BCUT2D eigenvalue weighted by atomic mass is 127. The van der Waals surface area contributed by atoms with Gasteiger partial charge < -0.3 is 24.5 Å². The molecule has 0 radical (unpaired) electrons. The molecule has 0 bridgehead atoms. The third kappa shape index (κ3) is 8.57. The number of rotatable bonds is 10. The van der Waals surface area contributed by atoms with Crippen LogP contribution < -0.4 is 15.4 Å². The normalized spacial score (nSPS) is 10.9. The molecule has 144 valence electrons. The molecule has 1 heterocycles. The zero-order valence-corrected chi connectivity index (χ0v) is 17.7. The Balaban J connectivity index is 0.00000338. The number of guanidine groups is 1. The van der Waals surface area contributed by atoms with E-state index in [1.165, 1.54) is 0 Å². The number of ether oxygens (including phenoxy) is 2. The zero-order valence-electron chi connectivity index (χ0n) is 15.4. The Morgan fingerprint density at radius 2 is 1.96 bits per heavy atom. The molecule has 0 aliphatic heterocycles. The van der Waals surface area contributed by atoms with Crippen LogP contribution in [0.4, 0.5) is 0 Å². The van der Waals surface area contributed by atoms with Crippen LogP contribution in [0.2, 0.25) is 0 Å². The van der Waals surface area contributed by atoms with E-state index >= 15 is 0 Å². The summed E-state index contributed by atoms with van der Waals surface area (Å²) in [7, 11) is 1.66. The minimum Gasteiger partial charge on any atom is -0.497 e. The Kier molecular flexibility index (Phi) is 11.5. The van der Waals surface area contributed by atoms with E-state index in [2.05, 4.69) is 15.6 Å². The van der Waals surface area contributed by atoms with Gasteiger partial charge >= 0.3 is 0 Å². The molecule has 0 amide bonds. The van der Waals surface area contributed by atoms with Crippen molar-refractivity contribution < 1.29 is 13.9 Å². The molecular formula is C19H28IN3O3. The van der Waals surface area contributed by atoms with Gasteiger partial charge in [0.25, 0.3) is 0 Å². The van der Waals surface area contributed by atoms with Gasteiger partial charge in [-0.25, -0.2) is 4.99 Å². The van der Waals surface area contributed by atoms with Crippen molar-refractivity contribution in [3.05, 3.63) is 54.0 Å². The lowest BCUT2D eigenvalue weighted by atomic mass is 10.2. The smallest absolute Gasteiger partial charge is 0.191 e. The summed E-state index contributed by atoms with van der Waals surface area (Å²) >= 11 is 0. The molecule has 7 heteroatoms. The van der Waals surface area contributed by atoms with E-state index in [-0.39, 0.29) is 24.0 Å². The summed E-state index contributed by atoms with van der Waals surface area (Å²) < 4.78 is 16.1. The number of furan rings is 1. The first-order chi connectivity index (χ1) is 12.3. The molecule has 2 N–H and O–H groups in total. The molecule has 6 nitrogen and oxygen atoms in total. The van der Waals surface area contributed by atoms with Gasteiger partial charge in [-0.3, -0.25) is 0 Å². The number of nitrogens with one attached hydrogen (secondary N) is 2. The van der Waals surface area contributed by atoms with Gasteiger partial charge in [-0.15, -0.1) is 24.0 Å². The molecule has 0 saturated carbocycles. The van der Waals surface area contributed by atoms with Crippen LogP contribution in [0, 0.1) is 0 Å². The minimum absolute atomic E-state index is 0. The first kappa shape index (κ1) is 22.3. The quantitative estimate of drug-likeness (QED) is 0.239. The van der Waals surface area contributed by atoms with E-state index in [4.69, 9.17) is 13.9 Å². The van der Waals surface area contributed by atoms with Crippen LogP contribution >= 0.6 is 24.0 Å². The van der Waals surface area contributed by atoms with Gasteiger partial charge in [-0.05, 0) is 43.2 Å². The number of benzene rings is 1. The number of halogens is 1. The summed E-state index contributed by atoms with van der Waals surface area (Å²) in [4.78, 5) is 4.49. The van der Waals surface area contributed by atoms with Gasteiger partial charge in [0.15, 0.2) is 5.96 Å². The van der Waals surface area contributed by atoms with Gasteiger partial charge in [0, 0.05) is 19.7 Å². The SMILES string of the molecule is CCNC(=NCc1ccco1)NCCCOCc1ccc(OC)cc1.I. The van der Waals surface area contributed by atoms with E-state index in [1.807, 2.05) is 43.3 Å². The number of hydrogen-bond acceptors (Lipinski definition) is 4. The molecule has 0 saturated heterocycles. The van der Waals surface area contributed by atoms with Crippen LogP contribution in [0.5, 0.6) is 5.75 Å². The number of hydrogen-bond donors (Lipinski definition) is 2. The van der Waals surface area contributed by atoms with E-state index in [0.717, 1.165) is 42.5 Å². The lowest BCUT2D eigenvalue weighted by molar-refractivity contribution is 0.119. The highest BCUT2D eigenvalue weighted by molar-refractivity contribution is 14.0. The molecule has 0 aliphatic rings. The standard InChI is InChI=1S/C19H27N3O3.HI/c1-3-20-19(22-14-18-6-4-13-25-18)21-11-5-12-24-15-16-7-9-17(23-2)10-8-16;/h4,6-10,13H,3,5,11-12,14-15H2,1-2H3,(H2,20,21,22);1H. The predicted octanol–water partition coefficient (Wildman–Crippen LogP) is 3.57. The predicted molar refractivity (Wildman–Crippen MR) is 114 cm³/mol. The van der Waals surface area contributed by atoms with E-state index in [0.29, 0.717) is 19.8 Å². The highest BCUT2D eigenvalue weighted by Crippen LogP contribution is 2.11. The van der Waals surface area contributed by atoms with Crippen LogP contribution in [0.15, 0.2) is 52.1 Å². The maximum Gasteiger partial charge on any atom is 0.191 e. The summed E-state index contributed by atoms with van der Waals surface area (Å²) in [5.74, 6) is 2.49. The van der Waals surface area contributed by atoms with Gasteiger partial charge in [-0.2, -0.15) is 0 Å². The second-order valence-corrected chi connectivity index (χ2v) is 5.46. The van der Waals surface area contributed by atoms with Crippen LogP contribution in [0.25, 0.3) is 0 Å². The molecule has 0 spiro atoms.